The van der Waals surface area contributed by atoms with Gasteiger partial charge in [-0.1, -0.05) is 23.7 Å². The van der Waals surface area contributed by atoms with E-state index in [1.54, 1.807) is 12.1 Å². The summed E-state index contributed by atoms with van der Waals surface area (Å²) in [4.78, 5) is 11.9. The van der Waals surface area contributed by atoms with Crippen molar-refractivity contribution >= 4 is 33.7 Å². The van der Waals surface area contributed by atoms with Crippen LogP contribution in [0.4, 0.5) is 15.8 Å². The Balaban J connectivity index is 1.20. The molecule has 2 N–H and O–H groups in total. The fraction of sp³-hybridized carbons (Fsp3) is 0.515. The van der Waals surface area contributed by atoms with Gasteiger partial charge in [0.15, 0.2) is 0 Å². The number of aromatic nitrogens is 1. The third-order valence-corrected chi connectivity index (χ3v) is 10.7. The number of benzene rings is 2. The summed E-state index contributed by atoms with van der Waals surface area (Å²) < 4.78 is 21.1. The molecule has 8 nitrogen and oxygen atoms in total. The molecule has 0 spiro atoms. The van der Waals surface area contributed by atoms with E-state index >= 15 is 0 Å². The van der Waals surface area contributed by atoms with E-state index < -0.39 is 6.17 Å². The predicted molar refractivity (Wildman–Crippen MR) is 165 cm³/mol. The van der Waals surface area contributed by atoms with Crippen LogP contribution in [-0.2, 0) is 13.0 Å². The molecular weight excluding hydrogens is 567 g/mol. The van der Waals surface area contributed by atoms with Crippen LogP contribution in [0.3, 0.4) is 0 Å². The first-order valence-electron chi connectivity index (χ1n) is 15.6. The van der Waals surface area contributed by atoms with Crippen molar-refractivity contribution in [1.82, 2.24) is 15.2 Å². The molecule has 224 valence electrons. The number of anilines is 2. The van der Waals surface area contributed by atoms with Crippen LogP contribution in [0.5, 0.6) is 11.6 Å². The fourth-order valence-electron chi connectivity index (χ4n) is 8.52. The molecule has 0 saturated carbocycles. The van der Waals surface area contributed by atoms with E-state index in [1.807, 2.05) is 18.2 Å². The second kappa shape index (κ2) is 10.4. The summed E-state index contributed by atoms with van der Waals surface area (Å²) in [6.45, 7) is 4.56. The molecule has 0 radical (unpaired) electrons. The number of aromatic hydroxyl groups is 1. The molecule has 0 amide bonds. The molecule has 4 atom stereocenters. The number of nitrogens with zero attached hydrogens (tertiary/aromatic N) is 5. The SMILES string of the molecule is N#Cc1c(OC[C@@]23CCCN2C[C@H](F)C3)nc2c(c1N1CC3CCC(C1)N3)CCN(c1cc(O)cc3cccc(Cl)c13)C2. The number of alkyl halides is 1. The molecule has 0 aliphatic carbocycles. The summed E-state index contributed by atoms with van der Waals surface area (Å²) in [5.74, 6) is 0.541. The van der Waals surface area contributed by atoms with E-state index in [4.69, 9.17) is 21.3 Å². The number of nitriles is 1. The first kappa shape index (κ1) is 27.2. The smallest absolute Gasteiger partial charge is 0.234 e. The third kappa shape index (κ3) is 4.57. The van der Waals surface area contributed by atoms with E-state index in [9.17, 15) is 14.8 Å². The van der Waals surface area contributed by atoms with E-state index in [0.29, 0.717) is 67.6 Å². The lowest BCUT2D eigenvalue weighted by Gasteiger charge is -2.39. The Bertz CT molecular complexity index is 1630. The van der Waals surface area contributed by atoms with E-state index in [1.165, 1.54) is 0 Å². The zero-order valence-electron chi connectivity index (χ0n) is 24.2. The Labute approximate surface area is 256 Å². The van der Waals surface area contributed by atoms with Gasteiger partial charge in [0.2, 0.25) is 5.88 Å². The molecule has 10 heteroatoms. The second-order valence-corrected chi connectivity index (χ2v) is 13.5. The molecule has 8 rings (SSSR count). The summed E-state index contributed by atoms with van der Waals surface area (Å²) in [6, 6.07) is 12.5. The predicted octanol–water partition coefficient (Wildman–Crippen LogP) is 4.92. The molecular formula is C33H36ClFN6O2. The van der Waals surface area contributed by atoms with Gasteiger partial charge in [0.1, 0.15) is 30.2 Å². The van der Waals surface area contributed by atoms with Gasteiger partial charge in [0, 0.05) is 61.7 Å². The minimum atomic E-state index is -0.847. The molecule has 2 bridgehead atoms. The van der Waals surface area contributed by atoms with Crippen LogP contribution in [0.25, 0.3) is 10.8 Å². The zero-order chi connectivity index (χ0) is 29.3. The number of nitrogens with one attached hydrogen (secondary N) is 1. The highest BCUT2D eigenvalue weighted by atomic mass is 35.5. The van der Waals surface area contributed by atoms with Crippen LogP contribution in [0.15, 0.2) is 30.3 Å². The fourth-order valence-corrected chi connectivity index (χ4v) is 8.80. The normalized spacial score (nSPS) is 28.3. The number of piperazine rings is 1. The van der Waals surface area contributed by atoms with Gasteiger partial charge in [-0.3, -0.25) is 4.90 Å². The number of ether oxygens (including phenoxy) is 1. The molecule has 2 aromatic carbocycles. The second-order valence-electron chi connectivity index (χ2n) is 13.1. The molecule has 5 aliphatic heterocycles. The topological polar surface area (TPSA) is 87.9 Å². The Kier molecular flexibility index (Phi) is 6.59. The van der Waals surface area contributed by atoms with Gasteiger partial charge in [-0.25, -0.2) is 9.37 Å². The molecule has 2 unspecified atom stereocenters. The molecule has 4 fully saturated rings. The van der Waals surface area contributed by atoms with Crippen LogP contribution in [-0.4, -0.2) is 78.1 Å². The lowest BCUT2D eigenvalue weighted by atomic mass is 9.94. The monoisotopic (exact) mass is 602 g/mol. The van der Waals surface area contributed by atoms with E-state index in [-0.39, 0.29) is 11.3 Å². The van der Waals surface area contributed by atoms with Crippen molar-refractivity contribution in [3.05, 3.63) is 52.2 Å². The lowest BCUT2D eigenvalue weighted by Crippen LogP contribution is -2.52. The zero-order valence-corrected chi connectivity index (χ0v) is 24.9. The summed E-state index contributed by atoms with van der Waals surface area (Å²) >= 11 is 6.69. The first-order chi connectivity index (χ1) is 20.9. The molecule has 1 aromatic heterocycles. The molecule has 5 aliphatic rings. The van der Waals surface area contributed by atoms with Crippen molar-refractivity contribution in [1.29, 1.82) is 5.26 Å². The molecule has 43 heavy (non-hydrogen) atoms. The van der Waals surface area contributed by atoms with Gasteiger partial charge >= 0.3 is 0 Å². The van der Waals surface area contributed by atoms with Crippen molar-refractivity contribution in [2.45, 2.75) is 68.9 Å². The minimum absolute atomic E-state index is 0.187. The van der Waals surface area contributed by atoms with Crippen molar-refractivity contribution in [2.75, 3.05) is 49.1 Å². The lowest BCUT2D eigenvalue weighted by molar-refractivity contribution is 0.110. The van der Waals surface area contributed by atoms with Crippen molar-refractivity contribution in [2.24, 2.45) is 0 Å². The summed E-state index contributed by atoms with van der Waals surface area (Å²) in [5.41, 5.74) is 3.95. The number of halogens is 2. The Morgan fingerprint density at radius 2 is 2.00 bits per heavy atom. The van der Waals surface area contributed by atoms with E-state index in [0.717, 1.165) is 78.7 Å². The largest absolute Gasteiger partial charge is 0.508 e. The van der Waals surface area contributed by atoms with Gasteiger partial charge in [-0.15, -0.1) is 0 Å². The third-order valence-electron chi connectivity index (χ3n) is 10.4. The summed E-state index contributed by atoms with van der Waals surface area (Å²) in [6.07, 6.45) is 4.53. The Morgan fingerprint density at radius 3 is 2.81 bits per heavy atom. The van der Waals surface area contributed by atoms with Crippen LogP contribution < -0.4 is 19.9 Å². The van der Waals surface area contributed by atoms with Crippen molar-refractivity contribution < 1.29 is 14.2 Å². The Morgan fingerprint density at radius 1 is 1.16 bits per heavy atom. The van der Waals surface area contributed by atoms with Crippen molar-refractivity contribution in [3.63, 3.8) is 0 Å². The van der Waals surface area contributed by atoms with Gasteiger partial charge in [0.25, 0.3) is 0 Å². The Hall–Kier alpha value is -3.32. The molecule has 4 saturated heterocycles. The molecule has 6 heterocycles. The van der Waals surface area contributed by atoms with Crippen LogP contribution in [0.2, 0.25) is 5.02 Å². The van der Waals surface area contributed by atoms with E-state index in [2.05, 4.69) is 26.1 Å². The standard InChI is InChI=1S/C33H36ClFN6O2/c34-27-4-1-3-20-11-24(42)12-29(30(20)27)39-10-7-25-28(18-39)38-32(43-19-33-8-2-9-41(33)15-21(35)13-33)26(14-36)31(25)40-16-22-5-6-23(17-40)37-22/h1,3-4,11-12,21-23,37,42H,2,5-10,13,15-19H2/t21-,22?,23?,33+/m1/s1. The van der Waals surface area contributed by atoms with Crippen LogP contribution in [0, 0.1) is 11.3 Å². The van der Waals surface area contributed by atoms with Crippen molar-refractivity contribution in [3.8, 4) is 17.7 Å². The maximum atomic E-state index is 14.5. The number of hydrogen-bond acceptors (Lipinski definition) is 8. The first-order valence-corrected chi connectivity index (χ1v) is 15.9. The number of pyridine rings is 1. The van der Waals surface area contributed by atoms with Gasteiger partial charge < -0.3 is 25.0 Å². The van der Waals surface area contributed by atoms with Gasteiger partial charge in [-0.2, -0.15) is 5.26 Å². The number of phenols is 1. The highest BCUT2D eigenvalue weighted by Crippen LogP contribution is 2.44. The number of fused-ring (bicyclic) bond motifs is 5. The van der Waals surface area contributed by atoms with Gasteiger partial charge in [0.05, 0.1) is 34.2 Å². The maximum Gasteiger partial charge on any atom is 0.234 e. The quantitative estimate of drug-likeness (QED) is 0.425. The molecule has 3 aromatic rings. The number of phenolic OH excluding ortho intramolecular Hbond substituents is 1. The summed E-state index contributed by atoms with van der Waals surface area (Å²) in [7, 11) is 0. The highest BCUT2D eigenvalue weighted by molar-refractivity contribution is 6.36. The summed E-state index contributed by atoms with van der Waals surface area (Å²) in [5, 5.41) is 27.3. The van der Waals surface area contributed by atoms with Crippen LogP contribution in [0.1, 0.15) is 48.9 Å². The maximum absolute atomic E-state index is 14.5. The number of rotatable bonds is 5. The average Bonchev–Trinajstić information content (AvgIpc) is 3.64. The average molecular weight is 603 g/mol. The van der Waals surface area contributed by atoms with Gasteiger partial charge in [-0.05, 0) is 56.2 Å². The highest BCUT2D eigenvalue weighted by Gasteiger charge is 2.49. The number of hydrogen-bond donors (Lipinski definition) is 2. The minimum Gasteiger partial charge on any atom is -0.508 e. The van der Waals surface area contributed by atoms with Crippen LogP contribution >= 0.6 is 11.6 Å².